The number of rotatable bonds is 2. The molecule has 1 saturated heterocycles. The number of hydrazine groups is 1. The van der Waals surface area contributed by atoms with E-state index in [9.17, 15) is 14.4 Å². The number of carbonyl (C=O) groups is 3. The van der Waals surface area contributed by atoms with Gasteiger partial charge in [-0.3, -0.25) is 15.0 Å². The number of hydrogen-bond donors (Lipinski definition) is 2. The van der Waals surface area contributed by atoms with E-state index in [1.165, 1.54) is 11.8 Å². The Morgan fingerprint density at radius 1 is 1.28 bits per heavy atom. The lowest BCUT2D eigenvalue weighted by Gasteiger charge is -2.33. The van der Waals surface area contributed by atoms with E-state index in [1.807, 2.05) is 24.3 Å². The van der Waals surface area contributed by atoms with Crippen molar-refractivity contribution < 1.29 is 14.4 Å². The van der Waals surface area contributed by atoms with Gasteiger partial charge in [-0.25, -0.2) is 4.79 Å². The average molecular weight is 359 g/mol. The smallest absolute Gasteiger partial charge is 0.322 e. The maximum atomic E-state index is 12.8. The zero-order valence-electron chi connectivity index (χ0n) is 14.1. The molecule has 1 aromatic rings. The zero-order chi connectivity index (χ0) is 17.6. The van der Waals surface area contributed by atoms with Gasteiger partial charge in [-0.1, -0.05) is 25.1 Å². The number of benzene rings is 1. The summed E-state index contributed by atoms with van der Waals surface area (Å²) in [7, 11) is 0. The van der Waals surface area contributed by atoms with E-state index in [0.29, 0.717) is 25.2 Å². The van der Waals surface area contributed by atoms with Gasteiger partial charge in [0.1, 0.15) is 5.54 Å². The number of nitrogens with zero attached hydrogens (tertiary/aromatic N) is 1. The highest BCUT2D eigenvalue weighted by Crippen LogP contribution is 2.38. The fourth-order valence-corrected chi connectivity index (χ4v) is 5.02. The highest BCUT2D eigenvalue weighted by molar-refractivity contribution is 8.01. The topological polar surface area (TPSA) is 78.5 Å². The zero-order valence-corrected chi connectivity index (χ0v) is 14.9. The first-order valence-corrected chi connectivity index (χ1v) is 9.58. The average Bonchev–Trinajstić information content (AvgIpc) is 3.13. The molecule has 1 spiro atoms. The Bertz CT molecular complexity index is 718. The lowest BCUT2D eigenvalue weighted by Crippen LogP contribution is -2.52. The highest BCUT2D eigenvalue weighted by Gasteiger charge is 2.53. The summed E-state index contributed by atoms with van der Waals surface area (Å²) in [6, 6.07) is 7.36. The van der Waals surface area contributed by atoms with Crippen LogP contribution < -0.4 is 10.7 Å². The Kier molecular flexibility index (Phi) is 3.98. The summed E-state index contributed by atoms with van der Waals surface area (Å²) in [5.74, 6) is -0.0588. The summed E-state index contributed by atoms with van der Waals surface area (Å²) in [6.45, 7) is 2.16. The number of imide groups is 1. The minimum atomic E-state index is -0.831. The first-order chi connectivity index (χ1) is 12.0. The molecular weight excluding hydrogens is 338 g/mol. The summed E-state index contributed by atoms with van der Waals surface area (Å²) < 4.78 is 0. The summed E-state index contributed by atoms with van der Waals surface area (Å²) in [4.78, 5) is 38.7. The minimum absolute atomic E-state index is 0.300. The van der Waals surface area contributed by atoms with Gasteiger partial charge in [-0.15, -0.1) is 11.8 Å². The molecule has 7 heteroatoms. The number of thioether (sulfide) groups is 1. The number of fused-ring (bicyclic) bond motifs is 1. The van der Waals surface area contributed by atoms with E-state index in [4.69, 9.17) is 0 Å². The molecule has 0 radical (unpaired) electrons. The molecule has 132 valence electrons. The normalized spacial score (nSPS) is 31.2. The third kappa shape index (κ3) is 2.80. The maximum absolute atomic E-state index is 12.8. The van der Waals surface area contributed by atoms with Crippen molar-refractivity contribution in [3.05, 3.63) is 29.8 Å². The molecule has 1 atom stereocenters. The summed E-state index contributed by atoms with van der Waals surface area (Å²) in [5.41, 5.74) is 2.85. The van der Waals surface area contributed by atoms with Gasteiger partial charge in [0.05, 0.1) is 5.25 Å². The molecule has 1 unspecified atom stereocenters. The Hall–Kier alpha value is -2.02. The first-order valence-electron chi connectivity index (χ1n) is 8.70. The van der Waals surface area contributed by atoms with Crippen molar-refractivity contribution in [3.63, 3.8) is 0 Å². The van der Waals surface area contributed by atoms with Crippen LogP contribution in [0.4, 0.5) is 4.79 Å². The predicted octanol–water partition coefficient (Wildman–Crippen LogP) is 2.24. The van der Waals surface area contributed by atoms with Crippen molar-refractivity contribution in [3.8, 4) is 0 Å². The van der Waals surface area contributed by atoms with Crippen molar-refractivity contribution in [2.75, 3.05) is 0 Å². The summed E-state index contributed by atoms with van der Waals surface area (Å²) >= 11 is 1.48. The molecule has 2 heterocycles. The van der Waals surface area contributed by atoms with Gasteiger partial charge in [-0.2, -0.15) is 5.01 Å². The molecular formula is C18H21N3O3S. The van der Waals surface area contributed by atoms with E-state index in [0.717, 1.165) is 28.3 Å². The predicted molar refractivity (Wildman–Crippen MR) is 93.7 cm³/mol. The molecule has 1 aromatic carbocycles. The van der Waals surface area contributed by atoms with E-state index in [2.05, 4.69) is 17.7 Å². The Balaban J connectivity index is 1.44. The van der Waals surface area contributed by atoms with Crippen molar-refractivity contribution in [2.45, 2.75) is 54.7 Å². The van der Waals surface area contributed by atoms with Gasteiger partial charge in [0.25, 0.3) is 11.8 Å². The van der Waals surface area contributed by atoms with Crippen LogP contribution in [0.5, 0.6) is 0 Å². The van der Waals surface area contributed by atoms with Crippen LogP contribution in [0.25, 0.3) is 0 Å². The molecule has 1 saturated carbocycles. The second-order valence-electron chi connectivity index (χ2n) is 7.23. The number of amides is 4. The molecule has 0 bridgehead atoms. The second kappa shape index (κ2) is 6.05. The molecule has 4 rings (SSSR count). The monoisotopic (exact) mass is 359 g/mol. The van der Waals surface area contributed by atoms with Crippen molar-refractivity contribution in [1.29, 1.82) is 0 Å². The molecule has 3 aliphatic rings. The number of urea groups is 1. The molecule has 0 aromatic heterocycles. The fraction of sp³-hybridized carbons (Fsp3) is 0.500. The van der Waals surface area contributed by atoms with Crippen molar-refractivity contribution in [2.24, 2.45) is 5.92 Å². The lowest BCUT2D eigenvalue weighted by atomic mass is 9.77. The van der Waals surface area contributed by atoms with Crippen molar-refractivity contribution in [1.82, 2.24) is 15.8 Å². The van der Waals surface area contributed by atoms with Crippen LogP contribution in [-0.2, 0) is 16.0 Å². The number of hydrogen-bond acceptors (Lipinski definition) is 4. The lowest BCUT2D eigenvalue weighted by molar-refractivity contribution is -0.139. The summed E-state index contributed by atoms with van der Waals surface area (Å²) in [5, 5.41) is 3.39. The molecule has 1 aliphatic carbocycles. The third-order valence-corrected chi connectivity index (χ3v) is 6.77. The molecule has 2 aliphatic heterocycles. The Morgan fingerprint density at radius 2 is 2.00 bits per heavy atom. The number of nitrogens with one attached hydrogen (secondary N) is 2. The van der Waals surface area contributed by atoms with Gasteiger partial charge >= 0.3 is 6.03 Å². The van der Waals surface area contributed by atoms with Crippen LogP contribution in [0.2, 0.25) is 0 Å². The Labute approximate surface area is 150 Å². The Morgan fingerprint density at radius 3 is 2.72 bits per heavy atom. The summed E-state index contributed by atoms with van der Waals surface area (Å²) in [6.07, 6.45) is 3.69. The maximum Gasteiger partial charge on any atom is 0.344 e. The van der Waals surface area contributed by atoms with E-state index in [1.54, 1.807) is 0 Å². The number of carbonyl (C=O) groups excluding carboxylic acids is 3. The molecule has 25 heavy (non-hydrogen) atoms. The van der Waals surface area contributed by atoms with Gasteiger partial charge < -0.3 is 5.32 Å². The second-order valence-corrected chi connectivity index (χ2v) is 8.47. The molecule has 6 nitrogen and oxygen atoms in total. The van der Waals surface area contributed by atoms with Gasteiger partial charge in [0.15, 0.2) is 0 Å². The van der Waals surface area contributed by atoms with Crippen LogP contribution >= 0.6 is 11.8 Å². The van der Waals surface area contributed by atoms with Crippen LogP contribution in [0.15, 0.2) is 29.2 Å². The standard InChI is InChI=1S/C18H21N3O3S/c1-11-6-8-18(9-7-11)16(23)21(17(24)19-18)20-15(22)14-10-12-4-2-3-5-13(12)25-14/h2-5,11,14H,6-10H2,1H3,(H,19,24)(H,20,22). The van der Waals surface area contributed by atoms with Gasteiger partial charge in [0, 0.05) is 4.90 Å². The van der Waals surface area contributed by atoms with E-state index < -0.39 is 11.6 Å². The molecule has 4 amide bonds. The third-order valence-electron chi connectivity index (χ3n) is 5.45. The molecule has 2 fully saturated rings. The first kappa shape index (κ1) is 16.4. The van der Waals surface area contributed by atoms with E-state index >= 15 is 0 Å². The van der Waals surface area contributed by atoms with Crippen LogP contribution in [0.1, 0.15) is 38.2 Å². The highest BCUT2D eigenvalue weighted by atomic mass is 32.2. The SMILES string of the molecule is CC1CCC2(CC1)NC(=O)N(NC(=O)C1Cc3ccccc3S1)C2=O. The fourth-order valence-electron chi connectivity index (χ4n) is 3.83. The largest absolute Gasteiger partial charge is 0.344 e. The van der Waals surface area contributed by atoms with Crippen LogP contribution in [0.3, 0.4) is 0 Å². The van der Waals surface area contributed by atoms with E-state index in [-0.39, 0.29) is 17.1 Å². The quantitative estimate of drug-likeness (QED) is 0.794. The van der Waals surface area contributed by atoms with Gasteiger partial charge in [0.2, 0.25) is 0 Å². The van der Waals surface area contributed by atoms with Crippen LogP contribution in [0, 0.1) is 5.92 Å². The van der Waals surface area contributed by atoms with Crippen LogP contribution in [-0.4, -0.2) is 33.6 Å². The molecule has 2 N–H and O–H groups in total. The minimum Gasteiger partial charge on any atom is -0.322 e. The van der Waals surface area contributed by atoms with Gasteiger partial charge in [-0.05, 0) is 49.7 Å². The van der Waals surface area contributed by atoms with Crippen molar-refractivity contribution >= 4 is 29.6 Å².